The topological polar surface area (TPSA) is 66.8 Å². The van der Waals surface area contributed by atoms with Crippen molar-refractivity contribution in [1.29, 1.82) is 0 Å². The third kappa shape index (κ3) is 3.32. The second-order valence-electron chi connectivity index (χ2n) is 2.04. The quantitative estimate of drug-likeness (QED) is 0.755. The van der Waals surface area contributed by atoms with Gasteiger partial charge in [0.25, 0.3) is 0 Å². The average Bonchev–Trinajstić information content (AvgIpc) is 1.91. The summed E-state index contributed by atoms with van der Waals surface area (Å²) in [5, 5.41) is 0.486. The zero-order valence-electron chi connectivity index (χ0n) is 5.85. The second kappa shape index (κ2) is 3.54. The number of benzene rings is 1. The molecule has 66 valence electrons. The molecule has 2 N–H and O–H groups in total. The molecule has 1 aromatic carbocycles. The molecular formula is C6H6AsClO4. The maximum atomic E-state index is 10.4. The monoisotopic (exact) mass is 252 g/mol. The Morgan fingerprint density at radius 2 is 1.75 bits per heavy atom. The van der Waals surface area contributed by atoms with Gasteiger partial charge in [-0.25, -0.2) is 0 Å². The van der Waals surface area contributed by atoms with Crippen molar-refractivity contribution in [1.82, 2.24) is 0 Å². The van der Waals surface area contributed by atoms with Gasteiger partial charge in [-0.15, -0.1) is 0 Å². The van der Waals surface area contributed by atoms with Crippen molar-refractivity contribution in [2.75, 3.05) is 0 Å². The molecule has 0 aliphatic rings. The molecule has 1 rings (SSSR count). The summed E-state index contributed by atoms with van der Waals surface area (Å²) in [5.41, 5.74) is 0. The van der Waals surface area contributed by atoms with Gasteiger partial charge in [0.15, 0.2) is 0 Å². The van der Waals surface area contributed by atoms with Crippen LogP contribution >= 0.6 is 11.6 Å². The van der Waals surface area contributed by atoms with Crippen LogP contribution < -0.4 is 3.73 Å². The van der Waals surface area contributed by atoms with Crippen molar-refractivity contribution in [2.45, 2.75) is 0 Å². The molecule has 0 bridgehead atoms. The normalized spacial score (nSPS) is 11.2. The minimum absolute atomic E-state index is 0.118. The summed E-state index contributed by atoms with van der Waals surface area (Å²) in [6, 6.07) is 5.76. The Morgan fingerprint density at radius 1 is 1.25 bits per heavy atom. The summed E-state index contributed by atoms with van der Waals surface area (Å²) in [6.07, 6.45) is 0. The van der Waals surface area contributed by atoms with E-state index in [2.05, 4.69) is 3.73 Å². The first kappa shape index (κ1) is 9.67. The molecule has 0 atom stereocenters. The van der Waals surface area contributed by atoms with Crippen molar-refractivity contribution in [2.24, 2.45) is 0 Å². The Bertz CT molecular complexity index is 304. The van der Waals surface area contributed by atoms with Crippen LogP contribution in [-0.2, 0) is 3.74 Å². The third-order valence-electron chi connectivity index (χ3n) is 1.04. The van der Waals surface area contributed by atoms with Gasteiger partial charge in [0.05, 0.1) is 0 Å². The minimum atomic E-state index is -5.02. The molecule has 0 radical (unpaired) electrons. The molecule has 0 aliphatic carbocycles. The van der Waals surface area contributed by atoms with Crippen LogP contribution in [0, 0.1) is 0 Å². The van der Waals surface area contributed by atoms with Crippen molar-refractivity contribution in [3.8, 4) is 5.75 Å². The van der Waals surface area contributed by atoms with Gasteiger partial charge in [0, 0.05) is 0 Å². The Hall–Kier alpha value is -0.412. The number of halogens is 1. The zero-order valence-corrected chi connectivity index (χ0v) is 8.48. The van der Waals surface area contributed by atoms with Gasteiger partial charge in [0.1, 0.15) is 0 Å². The van der Waals surface area contributed by atoms with Crippen molar-refractivity contribution < 1.29 is 15.7 Å². The molecule has 12 heavy (non-hydrogen) atoms. The Labute approximate surface area is 77.1 Å². The van der Waals surface area contributed by atoms with E-state index in [1.807, 2.05) is 0 Å². The molecule has 0 heterocycles. The fourth-order valence-corrected chi connectivity index (χ4v) is 1.59. The maximum absolute atomic E-state index is 10.4. The van der Waals surface area contributed by atoms with Gasteiger partial charge in [0.2, 0.25) is 0 Å². The number of hydrogen-bond acceptors (Lipinski definition) is 2. The average molecular weight is 252 g/mol. The summed E-state index contributed by atoms with van der Waals surface area (Å²) in [5.74, 6) is 0.118. The van der Waals surface area contributed by atoms with Gasteiger partial charge >= 0.3 is 76.8 Å². The van der Waals surface area contributed by atoms with Crippen LogP contribution in [0.3, 0.4) is 0 Å². The molecule has 6 heteroatoms. The van der Waals surface area contributed by atoms with E-state index in [0.717, 1.165) is 0 Å². The van der Waals surface area contributed by atoms with E-state index in [1.54, 1.807) is 0 Å². The molecule has 0 unspecified atom stereocenters. The third-order valence-corrected chi connectivity index (χ3v) is 2.23. The summed E-state index contributed by atoms with van der Waals surface area (Å²) < 4.78 is 31.6. The van der Waals surface area contributed by atoms with E-state index in [-0.39, 0.29) is 5.75 Å². The van der Waals surface area contributed by atoms with E-state index in [4.69, 9.17) is 19.8 Å². The van der Waals surface area contributed by atoms with Crippen LogP contribution in [0.25, 0.3) is 0 Å². The number of rotatable bonds is 2. The van der Waals surface area contributed by atoms with Crippen LogP contribution in [-0.4, -0.2) is 22.7 Å². The molecule has 0 fully saturated rings. The summed E-state index contributed by atoms with van der Waals surface area (Å²) in [4.78, 5) is 0. The molecule has 1 aromatic rings. The first-order valence-corrected chi connectivity index (χ1v) is 6.57. The van der Waals surface area contributed by atoms with Gasteiger partial charge in [-0.1, -0.05) is 0 Å². The van der Waals surface area contributed by atoms with E-state index in [0.29, 0.717) is 5.02 Å². The van der Waals surface area contributed by atoms with E-state index >= 15 is 0 Å². The van der Waals surface area contributed by atoms with E-state index in [9.17, 15) is 3.74 Å². The molecule has 0 saturated carbocycles. The van der Waals surface area contributed by atoms with E-state index < -0.39 is 14.5 Å². The zero-order chi connectivity index (χ0) is 9.19. The summed E-state index contributed by atoms with van der Waals surface area (Å²) in [6.45, 7) is 0. The van der Waals surface area contributed by atoms with Crippen LogP contribution in [0.1, 0.15) is 0 Å². The van der Waals surface area contributed by atoms with E-state index in [1.165, 1.54) is 24.3 Å². The fourth-order valence-electron chi connectivity index (χ4n) is 0.633. The molecule has 0 spiro atoms. The first-order chi connectivity index (χ1) is 5.47. The Kier molecular flexibility index (Phi) is 2.85. The van der Waals surface area contributed by atoms with Crippen LogP contribution in [0.15, 0.2) is 24.3 Å². The van der Waals surface area contributed by atoms with Crippen molar-refractivity contribution >= 4 is 26.1 Å². The van der Waals surface area contributed by atoms with Gasteiger partial charge < -0.3 is 0 Å². The first-order valence-electron chi connectivity index (χ1n) is 2.98. The van der Waals surface area contributed by atoms with Crippen molar-refractivity contribution in [3.05, 3.63) is 29.3 Å². The Balaban J connectivity index is 2.78. The molecule has 0 aromatic heterocycles. The molecule has 0 aliphatic heterocycles. The fraction of sp³-hybridized carbons (Fsp3) is 0. The Morgan fingerprint density at radius 3 is 2.17 bits per heavy atom. The molecule has 4 nitrogen and oxygen atoms in total. The predicted octanol–water partition coefficient (Wildman–Crippen LogP) is 0.570. The predicted molar refractivity (Wildman–Crippen MR) is 43.0 cm³/mol. The van der Waals surface area contributed by atoms with Crippen LogP contribution in [0.4, 0.5) is 0 Å². The molecule has 0 amide bonds. The number of hydrogen-bond donors (Lipinski definition) is 2. The summed E-state index contributed by atoms with van der Waals surface area (Å²) >= 11 is 0.518. The van der Waals surface area contributed by atoms with Crippen molar-refractivity contribution in [3.63, 3.8) is 0 Å². The SMILES string of the molecule is O=[As](O)(O)Oc1ccc(Cl)cc1. The molecule has 0 saturated heterocycles. The van der Waals surface area contributed by atoms with Crippen LogP contribution in [0.5, 0.6) is 5.75 Å². The summed E-state index contributed by atoms with van der Waals surface area (Å²) in [7, 11) is 0. The second-order valence-corrected chi connectivity index (χ2v) is 4.91. The molecular weight excluding hydrogens is 246 g/mol. The van der Waals surface area contributed by atoms with Gasteiger partial charge in [-0.05, 0) is 0 Å². The standard InChI is InChI=1S/C6H6AsClO4/c8-5-1-3-6(4-2-5)12-7(9,10)11/h1-4H,(H2,9,10,11). The van der Waals surface area contributed by atoms with Gasteiger partial charge in [-0.2, -0.15) is 0 Å². The van der Waals surface area contributed by atoms with Crippen LogP contribution in [0.2, 0.25) is 5.02 Å². The van der Waals surface area contributed by atoms with Gasteiger partial charge in [-0.3, -0.25) is 0 Å².